The van der Waals surface area contributed by atoms with E-state index in [0.29, 0.717) is 6.10 Å². The van der Waals surface area contributed by atoms with Gasteiger partial charge >= 0.3 is 5.97 Å². The number of rotatable bonds is 13. The minimum absolute atomic E-state index is 0.206. The zero-order valence-corrected chi connectivity index (χ0v) is 13.3. The summed E-state index contributed by atoms with van der Waals surface area (Å²) in [6.07, 6.45) is 20.2. The molecule has 0 aromatic rings. The fourth-order valence-electron chi connectivity index (χ4n) is 2.53. The molecular weight excluding hydrogens is 264 g/mol. The second-order valence-corrected chi connectivity index (χ2v) is 5.84. The molecule has 0 saturated carbocycles. The van der Waals surface area contributed by atoms with Crippen LogP contribution in [0, 0.1) is 0 Å². The van der Waals surface area contributed by atoms with Gasteiger partial charge in [0.15, 0.2) is 0 Å². The number of hydrogen-bond donors (Lipinski definition) is 1. The van der Waals surface area contributed by atoms with E-state index in [1.54, 1.807) is 12.2 Å². The molecule has 3 nitrogen and oxygen atoms in total. The van der Waals surface area contributed by atoms with Crippen molar-refractivity contribution < 1.29 is 14.6 Å². The molecule has 1 heterocycles. The van der Waals surface area contributed by atoms with Gasteiger partial charge in [-0.25, -0.2) is 4.79 Å². The molecule has 0 aliphatic carbocycles. The largest absolute Gasteiger partial charge is 0.478 e. The summed E-state index contributed by atoms with van der Waals surface area (Å²) in [6, 6.07) is 0. The van der Waals surface area contributed by atoms with Crippen molar-refractivity contribution in [2.24, 2.45) is 0 Å². The number of hydrogen-bond acceptors (Lipinski definition) is 2. The summed E-state index contributed by atoms with van der Waals surface area (Å²) in [7, 11) is 0. The molecule has 1 fully saturated rings. The topological polar surface area (TPSA) is 49.8 Å². The molecule has 0 aromatic carbocycles. The van der Waals surface area contributed by atoms with E-state index in [1.807, 2.05) is 6.08 Å². The van der Waals surface area contributed by atoms with E-state index in [2.05, 4.69) is 6.92 Å². The first-order valence-electron chi connectivity index (χ1n) is 8.47. The third kappa shape index (κ3) is 10.3. The predicted molar refractivity (Wildman–Crippen MR) is 86.4 cm³/mol. The maximum atomic E-state index is 10.3. The minimum Gasteiger partial charge on any atom is -0.478 e. The third-order valence-electron chi connectivity index (χ3n) is 3.86. The molecule has 0 spiro atoms. The number of epoxide rings is 1. The van der Waals surface area contributed by atoms with E-state index >= 15 is 0 Å². The van der Waals surface area contributed by atoms with Crippen molar-refractivity contribution >= 4 is 5.97 Å². The van der Waals surface area contributed by atoms with Crippen LogP contribution in [0.4, 0.5) is 0 Å². The maximum absolute atomic E-state index is 10.3. The molecule has 1 saturated heterocycles. The van der Waals surface area contributed by atoms with Crippen molar-refractivity contribution in [2.45, 2.75) is 83.3 Å². The van der Waals surface area contributed by atoms with Gasteiger partial charge in [0.1, 0.15) is 6.10 Å². The summed E-state index contributed by atoms with van der Waals surface area (Å²) in [4.78, 5) is 10.3. The van der Waals surface area contributed by atoms with E-state index in [0.717, 1.165) is 12.5 Å². The van der Waals surface area contributed by atoms with E-state index in [-0.39, 0.29) is 6.10 Å². The monoisotopic (exact) mass is 294 g/mol. The molecular formula is C18H30O3. The highest BCUT2D eigenvalue weighted by Gasteiger charge is 2.35. The summed E-state index contributed by atoms with van der Waals surface area (Å²) >= 11 is 0. The quantitative estimate of drug-likeness (QED) is 0.228. The van der Waals surface area contributed by atoms with Crippen LogP contribution in [-0.4, -0.2) is 23.3 Å². The number of ether oxygens (including phenoxy) is 1. The SMILES string of the molecule is CCCCCCCCCCCC1OC1C=CC=CC(=O)O. The van der Waals surface area contributed by atoms with Crippen molar-refractivity contribution in [3.63, 3.8) is 0 Å². The Morgan fingerprint density at radius 3 is 2.24 bits per heavy atom. The Kier molecular flexibility index (Phi) is 9.88. The summed E-state index contributed by atoms with van der Waals surface area (Å²) in [5, 5.41) is 8.44. The zero-order valence-electron chi connectivity index (χ0n) is 13.3. The lowest BCUT2D eigenvalue weighted by molar-refractivity contribution is -0.131. The smallest absolute Gasteiger partial charge is 0.328 e. The number of carboxylic acids is 1. The van der Waals surface area contributed by atoms with Gasteiger partial charge in [0.25, 0.3) is 0 Å². The summed E-state index contributed by atoms with van der Waals surface area (Å²) < 4.78 is 5.53. The van der Waals surface area contributed by atoms with Gasteiger partial charge in [-0.15, -0.1) is 0 Å². The van der Waals surface area contributed by atoms with Crippen LogP contribution < -0.4 is 0 Å². The first-order valence-corrected chi connectivity index (χ1v) is 8.47. The number of aliphatic carboxylic acids is 1. The lowest BCUT2D eigenvalue weighted by atomic mass is 10.1. The molecule has 2 atom stereocenters. The molecule has 0 radical (unpaired) electrons. The van der Waals surface area contributed by atoms with E-state index < -0.39 is 5.97 Å². The van der Waals surface area contributed by atoms with E-state index in [9.17, 15) is 4.79 Å². The summed E-state index contributed by atoms with van der Waals surface area (Å²) in [6.45, 7) is 2.25. The average Bonchev–Trinajstić information content (AvgIpc) is 3.20. The maximum Gasteiger partial charge on any atom is 0.328 e. The molecule has 0 bridgehead atoms. The van der Waals surface area contributed by atoms with E-state index in [1.165, 1.54) is 57.8 Å². The lowest BCUT2D eigenvalue weighted by Gasteiger charge is -2.00. The molecule has 3 heteroatoms. The Morgan fingerprint density at radius 1 is 1.00 bits per heavy atom. The normalized spacial score (nSPS) is 21.4. The number of carbonyl (C=O) groups is 1. The highest BCUT2D eigenvalue weighted by Crippen LogP contribution is 2.28. The first-order chi connectivity index (χ1) is 10.2. The molecule has 1 rings (SSSR count). The molecule has 1 N–H and O–H groups in total. The Labute approximate surface area is 129 Å². The van der Waals surface area contributed by atoms with Gasteiger partial charge in [0.2, 0.25) is 0 Å². The number of carboxylic acid groups (broad SMARTS) is 1. The van der Waals surface area contributed by atoms with Crippen molar-refractivity contribution in [3.05, 3.63) is 24.3 Å². The van der Waals surface area contributed by atoms with Crippen molar-refractivity contribution in [1.82, 2.24) is 0 Å². The highest BCUT2D eigenvalue weighted by atomic mass is 16.6. The lowest BCUT2D eigenvalue weighted by Crippen LogP contribution is -1.91. The van der Waals surface area contributed by atoms with Gasteiger partial charge in [0, 0.05) is 6.08 Å². The first kappa shape index (κ1) is 18.0. The predicted octanol–water partition coefficient (Wildman–Crippen LogP) is 4.87. The molecule has 0 aromatic heterocycles. The van der Waals surface area contributed by atoms with Crippen LogP contribution in [0.15, 0.2) is 24.3 Å². The van der Waals surface area contributed by atoms with E-state index in [4.69, 9.17) is 9.84 Å². The van der Waals surface area contributed by atoms with Crippen LogP contribution in [0.3, 0.4) is 0 Å². The van der Waals surface area contributed by atoms with Crippen LogP contribution in [0.5, 0.6) is 0 Å². The van der Waals surface area contributed by atoms with Gasteiger partial charge in [-0.3, -0.25) is 0 Å². The van der Waals surface area contributed by atoms with Gasteiger partial charge in [-0.2, -0.15) is 0 Å². The Hall–Kier alpha value is -1.09. The number of unbranched alkanes of at least 4 members (excludes halogenated alkanes) is 8. The Bertz CT molecular complexity index is 333. The second-order valence-electron chi connectivity index (χ2n) is 5.84. The molecule has 120 valence electrons. The molecule has 1 aliphatic heterocycles. The highest BCUT2D eigenvalue weighted by molar-refractivity contribution is 5.80. The van der Waals surface area contributed by atoms with Crippen LogP contribution in [0.1, 0.15) is 71.1 Å². The van der Waals surface area contributed by atoms with Crippen LogP contribution in [0.2, 0.25) is 0 Å². The van der Waals surface area contributed by atoms with Gasteiger partial charge in [0.05, 0.1) is 6.10 Å². The standard InChI is InChI=1S/C18H30O3/c1-2-3-4-5-6-7-8-9-10-13-16-17(21-16)14-11-12-15-18(19)20/h11-12,14-17H,2-10,13H2,1H3,(H,19,20). The van der Waals surface area contributed by atoms with Crippen molar-refractivity contribution in [1.29, 1.82) is 0 Å². The van der Waals surface area contributed by atoms with Gasteiger partial charge < -0.3 is 9.84 Å². The van der Waals surface area contributed by atoms with Crippen molar-refractivity contribution in [2.75, 3.05) is 0 Å². The molecule has 0 amide bonds. The van der Waals surface area contributed by atoms with Crippen LogP contribution in [-0.2, 0) is 9.53 Å². The van der Waals surface area contributed by atoms with Crippen LogP contribution >= 0.6 is 0 Å². The average molecular weight is 294 g/mol. The summed E-state index contributed by atoms with van der Waals surface area (Å²) in [5.41, 5.74) is 0. The summed E-state index contributed by atoms with van der Waals surface area (Å²) in [5.74, 6) is -0.914. The molecule has 21 heavy (non-hydrogen) atoms. The van der Waals surface area contributed by atoms with Gasteiger partial charge in [-0.05, 0) is 6.42 Å². The third-order valence-corrected chi connectivity index (χ3v) is 3.86. The zero-order chi connectivity index (χ0) is 15.3. The fourth-order valence-corrected chi connectivity index (χ4v) is 2.53. The Balaban J connectivity index is 1.86. The second kappa shape index (κ2) is 11.6. The van der Waals surface area contributed by atoms with Crippen molar-refractivity contribution in [3.8, 4) is 0 Å². The van der Waals surface area contributed by atoms with Crippen LogP contribution in [0.25, 0.3) is 0 Å². The minimum atomic E-state index is -0.914. The fraction of sp³-hybridized carbons (Fsp3) is 0.722. The molecule has 1 aliphatic rings. The molecule has 2 unspecified atom stereocenters. The van der Waals surface area contributed by atoms with Gasteiger partial charge in [-0.1, -0.05) is 82.9 Å². The number of allylic oxidation sites excluding steroid dienone is 2. The Morgan fingerprint density at radius 2 is 1.62 bits per heavy atom.